The number of urea groups is 1. The van der Waals surface area contributed by atoms with Gasteiger partial charge >= 0.3 is 6.03 Å². The molecule has 80 valence electrons. The number of nitrogens with zero attached hydrogens (tertiary/aromatic N) is 2. The monoisotopic (exact) mass is 214 g/mol. The maximum absolute atomic E-state index is 10.4. The fourth-order valence-corrected chi connectivity index (χ4v) is 1.40. The van der Waals surface area contributed by atoms with Crippen LogP contribution in [0.3, 0.4) is 0 Å². The molecule has 5 heteroatoms. The molecule has 0 bridgehead atoms. The zero-order valence-electron chi connectivity index (χ0n) is 8.42. The molecular weight excluding hydrogens is 204 g/mol. The Hall–Kier alpha value is -2.43. The first-order valence-corrected chi connectivity index (χ1v) is 4.69. The summed E-state index contributed by atoms with van der Waals surface area (Å²) in [6.45, 7) is 0. The topological polar surface area (TPSA) is 80.4 Å². The van der Waals surface area contributed by atoms with Gasteiger partial charge in [-0.15, -0.1) is 0 Å². The number of hydrazone groups is 1. The van der Waals surface area contributed by atoms with Crippen LogP contribution in [0.2, 0.25) is 0 Å². The molecule has 0 aliphatic heterocycles. The zero-order chi connectivity index (χ0) is 11.4. The van der Waals surface area contributed by atoms with Crippen LogP contribution in [0.5, 0.6) is 0 Å². The van der Waals surface area contributed by atoms with E-state index in [9.17, 15) is 4.79 Å². The predicted octanol–water partition coefficient (Wildman–Crippen LogP) is 1.24. The summed E-state index contributed by atoms with van der Waals surface area (Å²) < 4.78 is 0. The van der Waals surface area contributed by atoms with Crippen molar-refractivity contribution in [3.8, 4) is 0 Å². The van der Waals surface area contributed by atoms with Crippen molar-refractivity contribution in [3.63, 3.8) is 0 Å². The second kappa shape index (κ2) is 4.39. The average molecular weight is 214 g/mol. The van der Waals surface area contributed by atoms with Crippen LogP contribution in [0.1, 0.15) is 5.56 Å². The number of hydrogen-bond acceptors (Lipinski definition) is 3. The Balaban J connectivity index is 2.37. The summed E-state index contributed by atoms with van der Waals surface area (Å²) in [4.78, 5) is 14.7. The standard InChI is InChI=1S/C11H10N4O/c12-11(16)15-14-7-9-4-1-3-8-5-2-6-13-10(8)9/h1-7H,(H3,12,15,16)/b14-7+. The van der Waals surface area contributed by atoms with E-state index in [0.29, 0.717) is 0 Å². The summed E-state index contributed by atoms with van der Waals surface area (Å²) in [5.74, 6) is 0. The van der Waals surface area contributed by atoms with Gasteiger partial charge < -0.3 is 5.73 Å². The van der Waals surface area contributed by atoms with Crippen LogP contribution in [0.4, 0.5) is 4.79 Å². The van der Waals surface area contributed by atoms with Gasteiger partial charge in [0.05, 0.1) is 11.7 Å². The molecule has 0 saturated carbocycles. The number of benzene rings is 1. The molecule has 1 aromatic carbocycles. The molecule has 0 fully saturated rings. The number of pyridine rings is 1. The lowest BCUT2D eigenvalue weighted by Crippen LogP contribution is -2.24. The summed E-state index contributed by atoms with van der Waals surface area (Å²) >= 11 is 0. The average Bonchev–Trinajstić information content (AvgIpc) is 2.29. The van der Waals surface area contributed by atoms with Gasteiger partial charge in [-0.25, -0.2) is 10.2 Å². The fraction of sp³-hybridized carbons (Fsp3) is 0. The Morgan fingerprint density at radius 2 is 2.19 bits per heavy atom. The Kier molecular flexibility index (Phi) is 2.77. The molecule has 0 radical (unpaired) electrons. The molecule has 1 aromatic heterocycles. The van der Waals surface area contributed by atoms with Crippen molar-refractivity contribution in [1.29, 1.82) is 0 Å². The summed E-state index contributed by atoms with van der Waals surface area (Å²) in [7, 11) is 0. The molecule has 16 heavy (non-hydrogen) atoms. The van der Waals surface area contributed by atoms with E-state index in [4.69, 9.17) is 5.73 Å². The lowest BCUT2D eigenvalue weighted by molar-refractivity contribution is 0.249. The number of aromatic nitrogens is 1. The number of rotatable bonds is 2. The molecule has 5 nitrogen and oxygen atoms in total. The Labute approximate surface area is 92.0 Å². The number of carbonyl (C=O) groups is 1. The van der Waals surface area contributed by atoms with Gasteiger partial charge in [0, 0.05) is 17.1 Å². The minimum atomic E-state index is -0.690. The van der Waals surface area contributed by atoms with Gasteiger partial charge in [0.2, 0.25) is 0 Å². The highest BCUT2D eigenvalue weighted by Gasteiger charge is 1.98. The number of hydrogen-bond donors (Lipinski definition) is 2. The number of nitrogens with two attached hydrogens (primary N) is 1. The van der Waals surface area contributed by atoms with Crippen LogP contribution in [0.15, 0.2) is 41.6 Å². The third kappa shape index (κ3) is 2.14. The maximum Gasteiger partial charge on any atom is 0.332 e. The van der Waals surface area contributed by atoms with Crippen molar-refractivity contribution in [3.05, 3.63) is 42.1 Å². The molecule has 0 unspecified atom stereocenters. The Morgan fingerprint density at radius 3 is 3.00 bits per heavy atom. The molecule has 0 aliphatic carbocycles. The Morgan fingerprint density at radius 1 is 1.38 bits per heavy atom. The molecule has 3 N–H and O–H groups in total. The molecule has 2 rings (SSSR count). The van der Waals surface area contributed by atoms with Crippen molar-refractivity contribution in [2.75, 3.05) is 0 Å². The lowest BCUT2D eigenvalue weighted by atomic mass is 10.1. The molecule has 1 heterocycles. The summed E-state index contributed by atoms with van der Waals surface area (Å²) in [6.07, 6.45) is 3.22. The van der Waals surface area contributed by atoms with Crippen molar-refractivity contribution < 1.29 is 4.79 Å². The van der Waals surface area contributed by atoms with E-state index >= 15 is 0 Å². The summed E-state index contributed by atoms with van der Waals surface area (Å²) in [5, 5.41) is 4.72. The molecule has 2 aromatic rings. The first-order chi connectivity index (χ1) is 7.77. The van der Waals surface area contributed by atoms with Crippen molar-refractivity contribution in [2.24, 2.45) is 10.8 Å². The molecule has 0 atom stereocenters. The first-order valence-electron chi connectivity index (χ1n) is 4.69. The highest BCUT2D eigenvalue weighted by Crippen LogP contribution is 2.13. The third-order valence-electron chi connectivity index (χ3n) is 2.04. The highest BCUT2D eigenvalue weighted by molar-refractivity contribution is 5.97. The molecule has 0 aliphatic rings. The maximum atomic E-state index is 10.4. The van der Waals surface area contributed by atoms with Gasteiger partial charge in [-0.2, -0.15) is 5.10 Å². The van der Waals surface area contributed by atoms with Crippen molar-refractivity contribution in [1.82, 2.24) is 10.4 Å². The Bertz CT molecular complexity index is 545. The van der Waals surface area contributed by atoms with Crippen molar-refractivity contribution >= 4 is 23.1 Å². The molecular formula is C11H10N4O. The van der Waals surface area contributed by atoms with Crippen LogP contribution < -0.4 is 11.2 Å². The van der Waals surface area contributed by atoms with Crippen LogP contribution in [-0.2, 0) is 0 Å². The van der Waals surface area contributed by atoms with Crippen molar-refractivity contribution in [2.45, 2.75) is 0 Å². The highest BCUT2D eigenvalue weighted by atomic mass is 16.2. The summed E-state index contributed by atoms with van der Waals surface area (Å²) in [6, 6.07) is 8.86. The third-order valence-corrected chi connectivity index (χ3v) is 2.04. The van der Waals surface area contributed by atoms with E-state index in [0.717, 1.165) is 16.5 Å². The number of primary amides is 1. The number of nitrogens with one attached hydrogen (secondary N) is 1. The van der Waals surface area contributed by atoms with E-state index < -0.39 is 6.03 Å². The zero-order valence-corrected chi connectivity index (χ0v) is 8.42. The van der Waals surface area contributed by atoms with E-state index in [1.807, 2.05) is 30.3 Å². The van der Waals surface area contributed by atoms with Gasteiger partial charge in [-0.1, -0.05) is 24.3 Å². The van der Waals surface area contributed by atoms with Crippen LogP contribution in [0, 0.1) is 0 Å². The molecule has 0 spiro atoms. The van der Waals surface area contributed by atoms with Crippen LogP contribution >= 0.6 is 0 Å². The number of carbonyl (C=O) groups excluding carboxylic acids is 1. The lowest BCUT2D eigenvalue weighted by Gasteiger charge is -1.99. The first kappa shape index (κ1) is 10.1. The fourth-order valence-electron chi connectivity index (χ4n) is 1.40. The molecule has 2 amide bonds. The SMILES string of the molecule is NC(=O)N/N=C/c1cccc2cccnc12. The van der Waals surface area contributed by atoms with Gasteiger partial charge in [-0.3, -0.25) is 4.98 Å². The predicted molar refractivity (Wildman–Crippen MR) is 62.1 cm³/mol. The van der Waals surface area contributed by atoms with Crippen LogP contribution in [0.25, 0.3) is 10.9 Å². The van der Waals surface area contributed by atoms with Gasteiger partial charge in [0.15, 0.2) is 0 Å². The van der Waals surface area contributed by atoms with E-state index in [1.54, 1.807) is 6.20 Å². The van der Waals surface area contributed by atoms with Crippen LogP contribution in [-0.4, -0.2) is 17.2 Å². The van der Waals surface area contributed by atoms with E-state index in [-0.39, 0.29) is 0 Å². The van der Waals surface area contributed by atoms with E-state index in [2.05, 4.69) is 15.5 Å². The summed E-state index contributed by atoms with van der Waals surface area (Å²) in [5.41, 5.74) is 8.69. The minimum absolute atomic E-state index is 0.690. The molecule has 0 saturated heterocycles. The second-order valence-electron chi connectivity index (χ2n) is 3.16. The van der Waals surface area contributed by atoms with Gasteiger partial charge in [0.1, 0.15) is 0 Å². The van der Waals surface area contributed by atoms with E-state index in [1.165, 1.54) is 6.21 Å². The minimum Gasteiger partial charge on any atom is -0.350 e. The van der Waals surface area contributed by atoms with Gasteiger partial charge in [-0.05, 0) is 6.07 Å². The number of amides is 2. The quantitative estimate of drug-likeness (QED) is 0.582. The number of fused-ring (bicyclic) bond motifs is 1. The normalized spacial score (nSPS) is 10.8. The van der Waals surface area contributed by atoms with Gasteiger partial charge in [0.25, 0.3) is 0 Å². The second-order valence-corrected chi connectivity index (χ2v) is 3.16. The smallest absolute Gasteiger partial charge is 0.332 e. The largest absolute Gasteiger partial charge is 0.350 e. The number of para-hydroxylation sites is 1.